The Bertz CT molecular complexity index is 911. The van der Waals surface area contributed by atoms with Crippen molar-refractivity contribution in [2.45, 2.75) is 18.8 Å². The lowest BCUT2D eigenvalue weighted by Crippen LogP contribution is -2.30. The van der Waals surface area contributed by atoms with Crippen molar-refractivity contribution in [1.82, 2.24) is 19.4 Å². The smallest absolute Gasteiger partial charge is 0.227 e. The van der Waals surface area contributed by atoms with E-state index in [4.69, 9.17) is 4.74 Å². The van der Waals surface area contributed by atoms with Crippen LogP contribution in [0.2, 0.25) is 0 Å². The normalized spacial score (nSPS) is 17.4. The SMILES string of the molecule is COc1ccc2[nH]cc(CC(=O)N3CCC(c4nccn4C)C3)c2c1. The second kappa shape index (κ2) is 6.27. The molecule has 6 heteroatoms. The number of imidazole rings is 1. The van der Waals surface area contributed by atoms with Gasteiger partial charge in [0.1, 0.15) is 11.6 Å². The van der Waals surface area contributed by atoms with E-state index in [1.165, 1.54) is 0 Å². The number of rotatable bonds is 4. The van der Waals surface area contributed by atoms with Crippen LogP contribution in [0.1, 0.15) is 23.7 Å². The monoisotopic (exact) mass is 338 g/mol. The Morgan fingerprint density at radius 3 is 3.08 bits per heavy atom. The fraction of sp³-hybridized carbons (Fsp3) is 0.368. The summed E-state index contributed by atoms with van der Waals surface area (Å²) in [5, 5.41) is 1.05. The van der Waals surface area contributed by atoms with Gasteiger partial charge in [0.15, 0.2) is 0 Å². The van der Waals surface area contributed by atoms with Crippen molar-refractivity contribution in [3.05, 3.63) is 48.2 Å². The van der Waals surface area contributed by atoms with Gasteiger partial charge in [-0.15, -0.1) is 0 Å². The minimum atomic E-state index is 0.167. The highest BCUT2D eigenvalue weighted by atomic mass is 16.5. The number of likely N-dealkylation sites (tertiary alicyclic amines) is 1. The molecule has 3 aromatic rings. The van der Waals surface area contributed by atoms with E-state index in [1.807, 2.05) is 53.3 Å². The zero-order valence-electron chi connectivity index (χ0n) is 14.5. The number of carbonyl (C=O) groups excluding carboxylic acids is 1. The van der Waals surface area contributed by atoms with Crippen LogP contribution < -0.4 is 4.74 Å². The molecule has 25 heavy (non-hydrogen) atoms. The Kier molecular flexibility index (Phi) is 3.95. The molecule has 6 nitrogen and oxygen atoms in total. The van der Waals surface area contributed by atoms with Gasteiger partial charge in [-0.1, -0.05) is 0 Å². The molecule has 1 aliphatic heterocycles. The van der Waals surface area contributed by atoms with E-state index in [2.05, 4.69) is 9.97 Å². The number of hydrogen-bond acceptors (Lipinski definition) is 3. The highest BCUT2D eigenvalue weighted by Crippen LogP contribution is 2.28. The minimum Gasteiger partial charge on any atom is -0.497 e. The number of aromatic nitrogens is 3. The van der Waals surface area contributed by atoms with Gasteiger partial charge >= 0.3 is 0 Å². The van der Waals surface area contributed by atoms with Crippen LogP contribution in [-0.2, 0) is 18.3 Å². The summed E-state index contributed by atoms with van der Waals surface area (Å²) >= 11 is 0. The summed E-state index contributed by atoms with van der Waals surface area (Å²) in [6.45, 7) is 1.54. The molecule has 130 valence electrons. The molecule has 2 aromatic heterocycles. The lowest BCUT2D eigenvalue weighted by Gasteiger charge is -2.16. The second-order valence-corrected chi connectivity index (χ2v) is 6.62. The van der Waals surface area contributed by atoms with Gasteiger partial charge in [-0.25, -0.2) is 4.98 Å². The number of nitrogens with one attached hydrogen (secondary N) is 1. The van der Waals surface area contributed by atoms with Crippen molar-refractivity contribution >= 4 is 16.8 Å². The van der Waals surface area contributed by atoms with Gasteiger partial charge < -0.3 is 19.2 Å². The minimum absolute atomic E-state index is 0.167. The molecule has 0 aliphatic carbocycles. The third-order valence-electron chi connectivity index (χ3n) is 5.08. The van der Waals surface area contributed by atoms with Gasteiger partial charge in [-0.05, 0) is 30.2 Å². The molecule has 1 atom stereocenters. The molecule has 1 unspecified atom stereocenters. The summed E-state index contributed by atoms with van der Waals surface area (Å²) in [7, 11) is 3.66. The lowest BCUT2D eigenvalue weighted by molar-refractivity contribution is -0.129. The summed E-state index contributed by atoms with van der Waals surface area (Å²) in [4.78, 5) is 22.4. The third-order valence-corrected chi connectivity index (χ3v) is 5.08. The number of ether oxygens (including phenoxy) is 1. The Morgan fingerprint density at radius 1 is 1.44 bits per heavy atom. The second-order valence-electron chi connectivity index (χ2n) is 6.62. The first-order valence-electron chi connectivity index (χ1n) is 8.54. The molecule has 1 saturated heterocycles. The molecule has 1 fully saturated rings. The van der Waals surface area contributed by atoms with Crippen LogP contribution in [0.4, 0.5) is 0 Å². The number of aromatic amines is 1. The number of hydrogen-bond donors (Lipinski definition) is 1. The number of carbonyl (C=O) groups is 1. The van der Waals surface area contributed by atoms with E-state index in [-0.39, 0.29) is 5.91 Å². The zero-order valence-corrected chi connectivity index (χ0v) is 14.5. The number of aryl methyl sites for hydroxylation is 1. The number of amides is 1. The van der Waals surface area contributed by atoms with E-state index in [9.17, 15) is 4.79 Å². The number of benzene rings is 1. The van der Waals surface area contributed by atoms with Crippen molar-refractivity contribution in [2.24, 2.45) is 7.05 Å². The Hall–Kier alpha value is -2.76. The van der Waals surface area contributed by atoms with Gasteiger partial charge in [0.25, 0.3) is 0 Å². The quantitative estimate of drug-likeness (QED) is 0.795. The van der Waals surface area contributed by atoms with Crippen LogP contribution in [0.15, 0.2) is 36.8 Å². The topological polar surface area (TPSA) is 63.2 Å². The standard InChI is InChI=1S/C19H22N4O2/c1-22-8-6-20-19(22)13-5-7-23(12-13)18(24)9-14-11-21-17-4-3-15(25-2)10-16(14)17/h3-4,6,8,10-11,13,21H,5,7,9,12H2,1-2H3. The molecule has 4 rings (SSSR count). The van der Waals surface area contributed by atoms with Crippen molar-refractivity contribution < 1.29 is 9.53 Å². The van der Waals surface area contributed by atoms with Crippen LogP contribution >= 0.6 is 0 Å². The van der Waals surface area contributed by atoms with Crippen molar-refractivity contribution in [1.29, 1.82) is 0 Å². The van der Waals surface area contributed by atoms with Gasteiger partial charge in [-0.2, -0.15) is 0 Å². The van der Waals surface area contributed by atoms with Gasteiger partial charge in [-0.3, -0.25) is 4.79 Å². The van der Waals surface area contributed by atoms with Crippen LogP contribution in [0.25, 0.3) is 10.9 Å². The van der Waals surface area contributed by atoms with Crippen LogP contribution in [0, 0.1) is 0 Å². The van der Waals surface area contributed by atoms with Crippen LogP contribution in [-0.4, -0.2) is 45.5 Å². The summed E-state index contributed by atoms with van der Waals surface area (Å²) in [5.41, 5.74) is 2.04. The Morgan fingerprint density at radius 2 is 2.32 bits per heavy atom. The zero-order chi connectivity index (χ0) is 17.4. The molecule has 1 N–H and O–H groups in total. The first-order chi connectivity index (χ1) is 12.2. The average molecular weight is 338 g/mol. The number of fused-ring (bicyclic) bond motifs is 1. The van der Waals surface area contributed by atoms with Gasteiger partial charge in [0.05, 0.1) is 13.5 Å². The van der Waals surface area contributed by atoms with E-state index >= 15 is 0 Å². The highest BCUT2D eigenvalue weighted by molar-refractivity contribution is 5.89. The maximum Gasteiger partial charge on any atom is 0.227 e. The van der Waals surface area contributed by atoms with Crippen LogP contribution in [0.5, 0.6) is 5.75 Å². The fourth-order valence-corrected chi connectivity index (χ4v) is 3.67. The Balaban J connectivity index is 1.48. The van der Waals surface area contributed by atoms with E-state index < -0.39 is 0 Å². The summed E-state index contributed by atoms with van der Waals surface area (Å²) in [6.07, 6.45) is 7.07. The molecule has 0 radical (unpaired) electrons. The first kappa shape index (κ1) is 15.7. The third kappa shape index (κ3) is 2.88. The van der Waals surface area contributed by atoms with E-state index in [1.54, 1.807) is 7.11 Å². The van der Waals surface area contributed by atoms with Gasteiger partial charge in [0, 0.05) is 55.5 Å². The predicted octanol–water partition coefficient (Wildman–Crippen LogP) is 2.47. The molecule has 1 amide bonds. The predicted molar refractivity (Wildman–Crippen MR) is 95.7 cm³/mol. The molecular weight excluding hydrogens is 316 g/mol. The van der Waals surface area contributed by atoms with Crippen molar-refractivity contribution in [3.63, 3.8) is 0 Å². The first-order valence-corrected chi connectivity index (χ1v) is 8.54. The maximum atomic E-state index is 12.8. The molecule has 1 aliphatic rings. The largest absolute Gasteiger partial charge is 0.497 e. The summed E-state index contributed by atoms with van der Waals surface area (Å²) < 4.78 is 7.35. The lowest BCUT2D eigenvalue weighted by atomic mass is 10.1. The van der Waals surface area contributed by atoms with E-state index in [0.717, 1.165) is 47.6 Å². The molecular formula is C19H22N4O2. The fourth-order valence-electron chi connectivity index (χ4n) is 3.67. The van der Waals surface area contributed by atoms with Crippen molar-refractivity contribution in [3.8, 4) is 5.75 Å². The number of nitrogens with zero attached hydrogens (tertiary/aromatic N) is 3. The summed E-state index contributed by atoms with van der Waals surface area (Å²) in [5.74, 6) is 2.36. The summed E-state index contributed by atoms with van der Waals surface area (Å²) in [6, 6.07) is 5.88. The van der Waals surface area contributed by atoms with Gasteiger partial charge in [0.2, 0.25) is 5.91 Å². The molecule has 3 heterocycles. The molecule has 0 saturated carbocycles. The highest BCUT2D eigenvalue weighted by Gasteiger charge is 2.29. The molecule has 0 bridgehead atoms. The molecule has 0 spiro atoms. The maximum absolute atomic E-state index is 12.8. The Labute approximate surface area is 146 Å². The van der Waals surface area contributed by atoms with E-state index in [0.29, 0.717) is 12.3 Å². The molecule has 1 aromatic carbocycles. The average Bonchev–Trinajstić information content (AvgIpc) is 3.34. The number of methoxy groups -OCH3 is 1. The van der Waals surface area contributed by atoms with Crippen molar-refractivity contribution in [2.75, 3.05) is 20.2 Å². The van der Waals surface area contributed by atoms with Crippen LogP contribution in [0.3, 0.4) is 0 Å². The number of H-pyrrole nitrogens is 1.